The van der Waals surface area contributed by atoms with Gasteiger partial charge in [0.25, 0.3) is 0 Å². The number of nitrogens with two attached hydrogens (primary N) is 1. The smallest absolute Gasteiger partial charge is 0.326 e. The van der Waals surface area contributed by atoms with Crippen molar-refractivity contribution in [3.63, 3.8) is 0 Å². The number of nitrogens with zero attached hydrogens (tertiary/aromatic N) is 1. The molecule has 0 bridgehead atoms. The first-order valence-corrected chi connectivity index (χ1v) is 10.9. The predicted octanol–water partition coefficient (Wildman–Crippen LogP) is -2.86. The first-order chi connectivity index (χ1) is 17.0. The third kappa shape index (κ3) is 8.33. The molecule has 3 amide bonds. The average molecular weight is 507 g/mol. The van der Waals surface area contributed by atoms with Gasteiger partial charge in [0.2, 0.25) is 17.7 Å². The van der Waals surface area contributed by atoms with Crippen LogP contribution in [0.2, 0.25) is 0 Å². The molecule has 2 aromatic rings. The lowest BCUT2D eigenvalue weighted by molar-refractivity contribution is -0.142. The number of hydrogen-bond acceptors (Lipinski definition) is 9. The van der Waals surface area contributed by atoms with Crippen LogP contribution in [0, 0.1) is 0 Å². The fourth-order valence-electron chi connectivity index (χ4n) is 3.18. The first-order valence-electron chi connectivity index (χ1n) is 10.9. The normalized spacial score (nSPS) is 15.1. The summed E-state index contributed by atoms with van der Waals surface area (Å²) in [7, 11) is 0. The van der Waals surface area contributed by atoms with E-state index in [0.29, 0.717) is 11.3 Å². The number of hydrogen-bond donors (Lipinski definition) is 9. The Bertz CT molecular complexity index is 1030. The van der Waals surface area contributed by atoms with E-state index in [2.05, 4.69) is 25.9 Å². The van der Waals surface area contributed by atoms with E-state index in [1.54, 1.807) is 0 Å². The number of aliphatic carboxylic acids is 1. The number of aromatic hydroxyl groups is 1. The van der Waals surface area contributed by atoms with Crippen LogP contribution in [-0.2, 0) is 32.0 Å². The molecular formula is C22H30N6O8. The van der Waals surface area contributed by atoms with Gasteiger partial charge in [0, 0.05) is 24.7 Å². The van der Waals surface area contributed by atoms with Crippen LogP contribution in [0.3, 0.4) is 0 Å². The van der Waals surface area contributed by atoms with E-state index in [1.165, 1.54) is 43.7 Å². The van der Waals surface area contributed by atoms with E-state index in [-0.39, 0.29) is 18.6 Å². The Labute approximate surface area is 205 Å². The number of H-pyrrole nitrogens is 1. The third-order valence-corrected chi connectivity index (χ3v) is 5.20. The lowest BCUT2D eigenvalue weighted by atomic mass is 10.0. The number of carbonyl (C=O) groups is 4. The molecule has 0 saturated carbocycles. The summed E-state index contributed by atoms with van der Waals surface area (Å²) in [6, 6.07) is 0.249. The van der Waals surface area contributed by atoms with Crippen LogP contribution in [0.25, 0.3) is 0 Å². The summed E-state index contributed by atoms with van der Waals surface area (Å²) in [4.78, 5) is 56.4. The second-order valence-electron chi connectivity index (χ2n) is 8.13. The monoisotopic (exact) mass is 506 g/mol. The topological polar surface area (TPSA) is 240 Å². The minimum Gasteiger partial charge on any atom is -0.508 e. The molecule has 0 spiro atoms. The number of aromatic amines is 1. The number of amides is 3. The highest BCUT2D eigenvalue weighted by molar-refractivity contribution is 5.94. The van der Waals surface area contributed by atoms with E-state index in [0.717, 1.165) is 0 Å². The van der Waals surface area contributed by atoms with Gasteiger partial charge in [0.1, 0.15) is 29.9 Å². The minimum absolute atomic E-state index is 0.00306. The Hall–Kier alpha value is -4.01. The lowest BCUT2D eigenvalue weighted by Gasteiger charge is -2.26. The van der Waals surface area contributed by atoms with Crippen LogP contribution in [0.5, 0.6) is 5.75 Å². The van der Waals surface area contributed by atoms with Gasteiger partial charge in [-0.3, -0.25) is 14.4 Å². The number of carbonyl (C=O) groups excluding carboxylic acids is 3. The number of rotatable bonds is 13. The van der Waals surface area contributed by atoms with E-state index in [9.17, 15) is 34.5 Å². The van der Waals surface area contributed by atoms with Gasteiger partial charge >= 0.3 is 5.97 Å². The number of phenols is 1. The van der Waals surface area contributed by atoms with E-state index < -0.39 is 60.6 Å². The zero-order valence-corrected chi connectivity index (χ0v) is 19.4. The van der Waals surface area contributed by atoms with Crippen molar-refractivity contribution in [1.29, 1.82) is 0 Å². The summed E-state index contributed by atoms with van der Waals surface area (Å²) in [5, 5.41) is 45.1. The van der Waals surface area contributed by atoms with Crippen molar-refractivity contribution in [3.8, 4) is 5.75 Å². The first kappa shape index (κ1) is 28.2. The van der Waals surface area contributed by atoms with Crippen LogP contribution < -0.4 is 21.7 Å². The van der Waals surface area contributed by atoms with Gasteiger partial charge in [0.05, 0.1) is 19.0 Å². The van der Waals surface area contributed by atoms with Crippen LogP contribution in [-0.4, -0.2) is 91.0 Å². The second-order valence-corrected chi connectivity index (χ2v) is 8.13. The molecule has 36 heavy (non-hydrogen) atoms. The van der Waals surface area contributed by atoms with Crippen molar-refractivity contribution in [2.45, 2.75) is 50.0 Å². The molecule has 0 aliphatic heterocycles. The number of aliphatic hydroxyl groups is 2. The number of carboxylic acid groups (broad SMARTS) is 1. The molecule has 0 fully saturated rings. The van der Waals surface area contributed by atoms with E-state index in [4.69, 9.17) is 10.8 Å². The molecule has 1 aromatic heterocycles. The average Bonchev–Trinajstić information content (AvgIpc) is 3.35. The van der Waals surface area contributed by atoms with Gasteiger partial charge in [-0.15, -0.1) is 0 Å². The molecule has 14 heteroatoms. The molecule has 2 rings (SSSR count). The summed E-state index contributed by atoms with van der Waals surface area (Å²) in [6.07, 6.45) is 1.16. The zero-order chi connectivity index (χ0) is 26.8. The number of benzene rings is 1. The molecule has 10 N–H and O–H groups in total. The Morgan fingerprint density at radius 1 is 1.00 bits per heavy atom. The van der Waals surface area contributed by atoms with Crippen molar-refractivity contribution in [2.75, 3.05) is 6.61 Å². The third-order valence-electron chi connectivity index (χ3n) is 5.20. The molecule has 0 aliphatic carbocycles. The van der Waals surface area contributed by atoms with Crippen molar-refractivity contribution >= 4 is 23.7 Å². The Kier molecular flexibility index (Phi) is 10.3. The van der Waals surface area contributed by atoms with Gasteiger partial charge in [0.15, 0.2) is 0 Å². The Morgan fingerprint density at radius 2 is 1.64 bits per heavy atom. The molecule has 14 nitrogen and oxygen atoms in total. The number of aromatic nitrogens is 2. The SMILES string of the molecule is CC(O)C(NC(=O)C(N)CO)C(=O)NC(Cc1cnc[nH]1)C(=O)NC(Cc1ccc(O)cc1)C(=O)O. The molecule has 1 aromatic carbocycles. The standard InChI is InChI=1S/C22H30N6O8/c1-11(30)18(28-19(32)15(23)9-29)21(34)26-16(7-13-8-24-10-25-13)20(33)27-17(22(35)36)6-12-2-4-14(31)5-3-12/h2-5,8,10-11,15-18,29-31H,6-7,9,23H2,1H3,(H,24,25)(H,26,34)(H,27,33)(H,28,32)(H,35,36). The molecule has 5 atom stereocenters. The number of nitrogens with one attached hydrogen (secondary N) is 4. The summed E-state index contributed by atoms with van der Waals surface area (Å²) in [5.41, 5.74) is 6.42. The van der Waals surface area contributed by atoms with Crippen molar-refractivity contribution in [1.82, 2.24) is 25.9 Å². The molecule has 0 saturated heterocycles. The van der Waals surface area contributed by atoms with Gasteiger partial charge < -0.3 is 47.1 Å². The molecular weight excluding hydrogens is 476 g/mol. The van der Waals surface area contributed by atoms with Gasteiger partial charge in [-0.1, -0.05) is 12.1 Å². The molecule has 5 unspecified atom stereocenters. The molecule has 0 radical (unpaired) electrons. The number of imidazole rings is 1. The minimum atomic E-state index is -1.51. The van der Waals surface area contributed by atoms with Crippen molar-refractivity contribution in [2.24, 2.45) is 5.73 Å². The predicted molar refractivity (Wildman–Crippen MR) is 124 cm³/mol. The lowest BCUT2D eigenvalue weighted by Crippen LogP contribution is -2.60. The maximum Gasteiger partial charge on any atom is 0.326 e. The summed E-state index contributed by atoms with van der Waals surface area (Å²) >= 11 is 0. The summed E-state index contributed by atoms with van der Waals surface area (Å²) in [5.74, 6) is -4.00. The van der Waals surface area contributed by atoms with Crippen LogP contribution in [0.4, 0.5) is 0 Å². The largest absolute Gasteiger partial charge is 0.508 e. The highest BCUT2D eigenvalue weighted by atomic mass is 16.4. The van der Waals surface area contributed by atoms with Crippen LogP contribution in [0.1, 0.15) is 18.2 Å². The van der Waals surface area contributed by atoms with Crippen molar-refractivity contribution in [3.05, 3.63) is 48.0 Å². The van der Waals surface area contributed by atoms with Gasteiger partial charge in [-0.25, -0.2) is 9.78 Å². The quantitative estimate of drug-likeness (QED) is 0.135. The zero-order valence-electron chi connectivity index (χ0n) is 19.4. The molecule has 0 aliphatic rings. The Balaban J connectivity index is 2.20. The van der Waals surface area contributed by atoms with E-state index in [1.807, 2.05) is 0 Å². The second kappa shape index (κ2) is 13.2. The fourth-order valence-corrected chi connectivity index (χ4v) is 3.18. The number of phenolic OH excluding ortho intramolecular Hbond substituents is 1. The fraction of sp³-hybridized carbons (Fsp3) is 0.409. The van der Waals surface area contributed by atoms with Gasteiger partial charge in [-0.05, 0) is 24.6 Å². The van der Waals surface area contributed by atoms with Crippen LogP contribution in [0.15, 0.2) is 36.8 Å². The highest BCUT2D eigenvalue weighted by Gasteiger charge is 2.32. The summed E-state index contributed by atoms with van der Waals surface area (Å²) < 4.78 is 0. The Morgan fingerprint density at radius 3 is 2.17 bits per heavy atom. The van der Waals surface area contributed by atoms with Crippen LogP contribution >= 0.6 is 0 Å². The van der Waals surface area contributed by atoms with Gasteiger partial charge in [-0.2, -0.15) is 0 Å². The number of aliphatic hydroxyl groups excluding tert-OH is 2. The number of carboxylic acids is 1. The van der Waals surface area contributed by atoms with E-state index >= 15 is 0 Å². The molecule has 1 heterocycles. The molecule has 196 valence electrons. The highest BCUT2D eigenvalue weighted by Crippen LogP contribution is 2.12. The summed E-state index contributed by atoms with van der Waals surface area (Å²) in [6.45, 7) is 0.541. The maximum absolute atomic E-state index is 13.1. The maximum atomic E-state index is 13.1. The van der Waals surface area contributed by atoms with Crippen molar-refractivity contribution < 1.29 is 39.6 Å².